The van der Waals surface area contributed by atoms with Crippen molar-refractivity contribution in [2.24, 2.45) is 10.2 Å². The number of nitrogens with zero attached hydrogens (tertiary/aromatic N) is 3. The van der Waals surface area contributed by atoms with Crippen molar-refractivity contribution in [2.75, 3.05) is 17.6 Å². The summed E-state index contributed by atoms with van der Waals surface area (Å²) >= 11 is 0. The van der Waals surface area contributed by atoms with E-state index in [4.69, 9.17) is 5.73 Å². The van der Waals surface area contributed by atoms with Crippen LogP contribution in [0.15, 0.2) is 70.9 Å². The third-order valence-electron chi connectivity index (χ3n) is 3.53. The van der Waals surface area contributed by atoms with Crippen LogP contribution in [0.2, 0.25) is 0 Å². The third kappa shape index (κ3) is 4.18. The van der Waals surface area contributed by atoms with E-state index in [0.29, 0.717) is 22.7 Å². The average Bonchev–Trinajstić information content (AvgIpc) is 2.94. The van der Waals surface area contributed by atoms with Gasteiger partial charge in [0, 0.05) is 23.5 Å². The van der Waals surface area contributed by atoms with Gasteiger partial charge in [-0.3, -0.25) is 19.3 Å². The van der Waals surface area contributed by atoms with Crippen molar-refractivity contribution in [1.82, 2.24) is 4.90 Å². The van der Waals surface area contributed by atoms with Crippen LogP contribution >= 0.6 is 0 Å². The van der Waals surface area contributed by atoms with Crippen LogP contribution in [0.25, 0.3) is 0 Å². The molecule has 0 aromatic heterocycles. The van der Waals surface area contributed by atoms with Gasteiger partial charge in [0.25, 0.3) is 11.8 Å². The molecule has 1 aliphatic rings. The van der Waals surface area contributed by atoms with Crippen molar-refractivity contribution in [3.8, 4) is 0 Å². The number of carbonyl (C=O) groups excluding carboxylic acids is 3. The van der Waals surface area contributed by atoms with Crippen LogP contribution in [0, 0.1) is 0 Å². The largest absolute Gasteiger partial charge is 0.399 e. The fourth-order valence-corrected chi connectivity index (χ4v) is 2.20. The lowest BCUT2D eigenvalue weighted by Gasteiger charge is -2.13. The maximum atomic E-state index is 11.9. The summed E-state index contributed by atoms with van der Waals surface area (Å²) in [6.07, 6.45) is 2.27. The van der Waals surface area contributed by atoms with Crippen LogP contribution in [0.4, 0.5) is 22.7 Å². The van der Waals surface area contributed by atoms with Crippen molar-refractivity contribution in [2.45, 2.75) is 0 Å². The van der Waals surface area contributed by atoms with E-state index in [-0.39, 0.29) is 6.54 Å². The summed E-state index contributed by atoms with van der Waals surface area (Å²) < 4.78 is 0. The quantitative estimate of drug-likeness (QED) is 0.490. The van der Waals surface area contributed by atoms with Crippen LogP contribution in [0.5, 0.6) is 0 Å². The Morgan fingerprint density at radius 1 is 0.885 bits per heavy atom. The van der Waals surface area contributed by atoms with Gasteiger partial charge in [-0.1, -0.05) is 0 Å². The van der Waals surface area contributed by atoms with Crippen LogP contribution < -0.4 is 11.1 Å². The standard InChI is InChI=1S/C18H15N5O3/c19-12-1-3-14(4-2-12)21-22-15-7-5-13(6-8-15)20-16(24)11-23-17(25)9-10-18(23)26/h1-10H,11,19H2,(H,20,24)/b22-21+. The lowest BCUT2D eigenvalue weighted by molar-refractivity contribution is -0.139. The normalized spacial score (nSPS) is 13.6. The third-order valence-corrected chi connectivity index (χ3v) is 3.53. The summed E-state index contributed by atoms with van der Waals surface area (Å²) in [4.78, 5) is 35.7. The molecule has 3 N–H and O–H groups in total. The second kappa shape index (κ2) is 7.39. The predicted octanol–water partition coefficient (Wildman–Crippen LogP) is 2.55. The lowest BCUT2D eigenvalue weighted by Crippen LogP contribution is -2.37. The fraction of sp³-hybridized carbons (Fsp3) is 0.0556. The molecule has 0 atom stereocenters. The zero-order valence-electron chi connectivity index (χ0n) is 13.6. The van der Waals surface area contributed by atoms with E-state index in [1.54, 1.807) is 48.5 Å². The summed E-state index contributed by atoms with van der Waals surface area (Å²) in [5.74, 6) is -1.46. The topological polar surface area (TPSA) is 117 Å². The molecule has 2 aromatic rings. The number of carbonyl (C=O) groups is 3. The van der Waals surface area contributed by atoms with Gasteiger partial charge >= 0.3 is 0 Å². The van der Waals surface area contributed by atoms with Crippen molar-refractivity contribution >= 4 is 40.5 Å². The Kier molecular flexibility index (Phi) is 4.84. The maximum Gasteiger partial charge on any atom is 0.254 e. The van der Waals surface area contributed by atoms with E-state index in [0.717, 1.165) is 17.1 Å². The number of amides is 3. The summed E-state index contributed by atoms with van der Waals surface area (Å²) in [5, 5.41) is 10.8. The molecule has 2 aromatic carbocycles. The molecule has 1 heterocycles. The minimum atomic E-state index is -0.497. The van der Waals surface area contributed by atoms with Crippen molar-refractivity contribution in [1.29, 1.82) is 0 Å². The molecular formula is C18H15N5O3. The van der Waals surface area contributed by atoms with Crippen molar-refractivity contribution in [3.05, 3.63) is 60.7 Å². The molecule has 0 spiro atoms. The Morgan fingerprint density at radius 2 is 1.38 bits per heavy atom. The Labute approximate surface area is 149 Å². The minimum Gasteiger partial charge on any atom is -0.399 e. The molecule has 0 saturated heterocycles. The number of imide groups is 1. The van der Waals surface area contributed by atoms with E-state index in [9.17, 15) is 14.4 Å². The first-order valence-electron chi connectivity index (χ1n) is 7.72. The van der Waals surface area contributed by atoms with Gasteiger partial charge in [0.1, 0.15) is 6.54 Å². The van der Waals surface area contributed by atoms with E-state index >= 15 is 0 Å². The van der Waals surface area contributed by atoms with Crippen LogP contribution in [-0.2, 0) is 14.4 Å². The molecule has 0 bridgehead atoms. The van der Waals surface area contributed by atoms with Gasteiger partial charge in [0.2, 0.25) is 5.91 Å². The van der Waals surface area contributed by atoms with E-state index in [1.807, 2.05) is 0 Å². The van der Waals surface area contributed by atoms with Gasteiger partial charge in [0.15, 0.2) is 0 Å². The molecule has 0 aliphatic carbocycles. The number of rotatable bonds is 5. The summed E-state index contributed by atoms with van der Waals surface area (Å²) in [6, 6.07) is 13.7. The van der Waals surface area contributed by atoms with Crippen LogP contribution in [0.3, 0.4) is 0 Å². The predicted molar refractivity (Wildman–Crippen MR) is 96.0 cm³/mol. The number of hydrogen-bond acceptors (Lipinski definition) is 6. The highest BCUT2D eigenvalue weighted by Gasteiger charge is 2.25. The van der Waals surface area contributed by atoms with E-state index < -0.39 is 17.7 Å². The molecule has 8 nitrogen and oxygen atoms in total. The molecule has 8 heteroatoms. The van der Waals surface area contributed by atoms with Gasteiger partial charge in [-0.15, -0.1) is 0 Å². The van der Waals surface area contributed by atoms with Gasteiger partial charge in [0.05, 0.1) is 11.4 Å². The van der Waals surface area contributed by atoms with Gasteiger partial charge in [-0.2, -0.15) is 10.2 Å². The molecule has 130 valence electrons. The van der Waals surface area contributed by atoms with E-state index in [1.165, 1.54) is 0 Å². The Morgan fingerprint density at radius 3 is 1.92 bits per heavy atom. The molecule has 1 aliphatic heterocycles. The summed E-state index contributed by atoms with van der Waals surface area (Å²) in [7, 11) is 0. The Bertz CT molecular complexity index is 883. The monoisotopic (exact) mass is 349 g/mol. The molecule has 3 amide bonds. The molecule has 26 heavy (non-hydrogen) atoms. The number of nitrogens with two attached hydrogens (primary N) is 1. The number of anilines is 2. The number of azo groups is 1. The lowest BCUT2D eigenvalue weighted by atomic mass is 10.3. The number of benzene rings is 2. The molecule has 0 radical (unpaired) electrons. The van der Waals surface area contributed by atoms with Crippen molar-refractivity contribution in [3.63, 3.8) is 0 Å². The highest BCUT2D eigenvalue weighted by molar-refractivity contribution is 6.15. The molecule has 0 saturated carbocycles. The first kappa shape index (κ1) is 17.0. The van der Waals surface area contributed by atoms with Crippen LogP contribution in [0.1, 0.15) is 0 Å². The summed E-state index contributed by atoms with van der Waals surface area (Å²) in [5.41, 5.74) is 8.06. The number of hydrogen-bond donors (Lipinski definition) is 2. The number of nitrogen functional groups attached to an aromatic ring is 1. The van der Waals surface area contributed by atoms with E-state index in [2.05, 4.69) is 15.5 Å². The molecular weight excluding hydrogens is 334 g/mol. The average molecular weight is 349 g/mol. The number of nitrogens with one attached hydrogen (secondary N) is 1. The Balaban J connectivity index is 1.57. The first-order valence-corrected chi connectivity index (χ1v) is 7.72. The summed E-state index contributed by atoms with van der Waals surface area (Å²) in [6.45, 7) is -0.330. The zero-order chi connectivity index (χ0) is 18.5. The van der Waals surface area contributed by atoms with Gasteiger partial charge in [-0.05, 0) is 48.5 Å². The maximum absolute atomic E-state index is 11.9. The fourth-order valence-electron chi connectivity index (χ4n) is 2.20. The highest BCUT2D eigenvalue weighted by atomic mass is 16.2. The SMILES string of the molecule is Nc1ccc(/N=N/c2ccc(NC(=O)CN3C(=O)C=CC3=O)cc2)cc1. The zero-order valence-corrected chi connectivity index (χ0v) is 13.6. The smallest absolute Gasteiger partial charge is 0.254 e. The minimum absolute atomic E-state index is 0.330. The second-order valence-electron chi connectivity index (χ2n) is 5.48. The van der Waals surface area contributed by atoms with Gasteiger partial charge in [-0.25, -0.2) is 0 Å². The van der Waals surface area contributed by atoms with Crippen molar-refractivity contribution < 1.29 is 14.4 Å². The first-order chi connectivity index (χ1) is 12.5. The van der Waals surface area contributed by atoms with Gasteiger partial charge < -0.3 is 11.1 Å². The molecule has 3 rings (SSSR count). The molecule has 0 fully saturated rings. The van der Waals surface area contributed by atoms with Crippen LogP contribution in [-0.4, -0.2) is 29.2 Å². The highest BCUT2D eigenvalue weighted by Crippen LogP contribution is 2.21. The molecule has 0 unspecified atom stereocenters. The second-order valence-corrected chi connectivity index (χ2v) is 5.48. The Hall–Kier alpha value is -3.81.